The molecule has 0 aromatic carbocycles. The van der Waals surface area contributed by atoms with E-state index in [9.17, 15) is 9.59 Å². The number of ether oxygens (including phenoxy) is 1. The molecule has 0 unspecified atom stereocenters. The first kappa shape index (κ1) is 14.2. The Balaban J connectivity index is 2.35. The number of carbonyl (C=O) groups is 2. The fraction of sp³-hybridized carbons (Fsp3) is 0.364. The van der Waals surface area contributed by atoms with E-state index in [2.05, 4.69) is 15.6 Å². The molecule has 0 aliphatic heterocycles. The van der Waals surface area contributed by atoms with E-state index in [4.69, 9.17) is 16.3 Å². The number of urea groups is 1. The second kappa shape index (κ2) is 7.50. The van der Waals surface area contributed by atoms with Crippen LogP contribution in [0.1, 0.15) is 12.0 Å². The van der Waals surface area contributed by atoms with Crippen LogP contribution in [-0.4, -0.2) is 29.9 Å². The summed E-state index contributed by atoms with van der Waals surface area (Å²) in [7, 11) is 1.52. The lowest BCUT2D eigenvalue weighted by molar-refractivity contribution is -0.119. The fourth-order valence-corrected chi connectivity index (χ4v) is 1.31. The number of methoxy groups -OCH3 is 1. The van der Waals surface area contributed by atoms with E-state index in [1.807, 2.05) is 0 Å². The van der Waals surface area contributed by atoms with Gasteiger partial charge in [0.05, 0.1) is 7.11 Å². The van der Waals surface area contributed by atoms with E-state index in [0.717, 1.165) is 5.56 Å². The van der Waals surface area contributed by atoms with Crippen LogP contribution >= 0.6 is 11.6 Å². The van der Waals surface area contributed by atoms with E-state index in [1.165, 1.54) is 7.11 Å². The lowest BCUT2D eigenvalue weighted by atomic mass is 10.3. The van der Waals surface area contributed by atoms with Gasteiger partial charge in [0.2, 0.25) is 11.8 Å². The number of rotatable bonds is 5. The standard InChI is InChI=1S/C11H14ClN3O3/c1-18-10-3-2-8(6-13-10)7-14-11(17)15-9(16)4-5-12/h2-3,6H,4-5,7H2,1H3,(H2,14,15,16,17). The summed E-state index contributed by atoms with van der Waals surface area (Å²) >= 11 is 5.37. The van der Waals surface area contributed by atoms with Crippen molar-refractivity contribution in [2.45, 2.75) is 13.0 Å². The van der Waals surface area contributed by atoms with Crippen LogP contribution in [0.2, 0.25) is 0 Å². The molecule has 3 amide bonds. The van der Waals surface area contributed by atoms with Gasteiger partial charge in [-0.15, -0.1) is 11.6 Å². The molecule has 1 aromatic heterocycles. The van der Waals surface area contributed by atoms with Gasteiger partial charge in [0.1, 0.15) is 0 Å². The summed E-state index contributed by atoms with van der Waals surface area (Å²) in [4.78, 5) is 26.3. The average molecular weight is 272 g/mol. The van der Waals surface area contributed by atoms with E-state index < -0.39 is 11.9 Å². The Hall–Kier alpha value is -1.82. The van der Waals surface area contributed by atoms with Gasteiger partial charge in [0.15, 0.2) is 0 Å². The molecule has 0 atom stereocenters. The number of pyridine rings is 1. The van der Waals surface area contributed by atoms with Crippen molar-refractivity contribution in [2.75, 3.05) is 13.0 Å². The van der Waals surface area contributed by atoms with Crippen molar-refractivity contribution in [3.63, 3.8) is 0 Å². The first-order valence-electron chi connectivity index (χ1n) is 5.28. The van der Waals surface area contributed by atoms with Gasteiger partial charge >= 0.3 is 6.03 Å². The first-order valence-corrected chi connectivity index (χ1v) is 5.81. The summed E-state index contributed by atoms with van der Waals surface area (Å²) in [5, 5.41) is 4.69. The average Bonchev–Trinajstić information content (AvgIpc) is 2.37. The predicted octanol–water partition coefficient (Wildman–Crippen LogP) is 1.04. The van der Waals surface area contributed by atoms with Crippen LogP contribution in [0.5, 0.6) is 5.88 Å². The van der Waals surface area contributed by atoms with Crippen molar-refractivity contribution >= 4 is 23.5 Å². The highest BCUT2D eigenvalue weighted by Crippen LogP contribution is 2.05. The van der Waals surface area contributed by atoms with E-state index >= 15 is 0 Å². The highest BCUT2D eigenvalue weighted by Gasteiger charge is 2.06. The van der Waals surface area contributed by atoms with Crippen molar-refractivity contribution < 1.29 is 14.3 Å². The molecule has 98 valence electrons. The molecule has 0 fully saturated rings. The number of amides is 3. The molecule has 0 saturated heterocycles. The molecule has 0 radical (unpaired) electrons. The topological polar surface area (TPSA) is 80.3 Å². The Morgan fingerprint density at radius 1 is 1.44 bits per heavy atom. The van der Waals surface area contributed by atoms with Crippen molar-refractivity contribution in [1.29, 1.82) is 0 Å². The zero-order chi connectivity index (χ0) is 13.4. The van der Waals surface area contributed by atoms with Gasteiger partial charge in [-0.1, -0.05) is 6.07 Å². The second-order valence-electron chi connectivity index (χ2n) is 3.38. The normalized spacial score (nSPS) is 9.67. The van der Waals surface area contributed by atoms with Gasteiger partial charge in [0.25, 0.3) is 0 Å². The molecule has 0 aliphatic rings. The molecule has 1 rings (SSSR count). The summed E-state index contributed by atoms with van der Waals surface area (Å²) in [6.45, 7) is 0.275. The maximum atomic E-state index is 11.3. The summed E-state index contributed by atoms with van der Waals surface area (Å²) in [5.41, 5.74) is 0.802. The lowest BCUT2D eigenvalue weighted by Gasteiger charge is -2.06. The third-order valence-electron chi connectivity index (χ3n) is 2.03. The van der Waals surface area contributed by atoms with Crippen LogP contribution in [0.3, 0.4) is 0 Å². The second-order valence-corrected chi connectivity index (χ2v) is 3.76. The first-order chi connectivity index (χ1) is 8.65. The Kier molecular flexibility index (Phi) is 5.93. The Morgan fingerprint density at radius 3 is 2.78 bits per heavy atom. The van der Waals surface area contributed by atoms with E-state index in [1.54, 1.807) is 18.3 Å². The Labute approximate surface area is 110 Å². The molecule has 0 spiro atoms. The molecule has 0 bridgehead atoms. The number of halogens is 1. The zero-order valence-electron chi connectivity index (χ0n) is 9.90. The van der Waals surface area contributed by atoms with Crippen LogP contribution in [-0.2, 0) is 11.3 Å². The smallest absolute Gasteiger partial charge is 0.321 e. The Bertz CT molecular complexity index is 408. The summed E-state index contributed by atoms with van der Waals surface area (Å²) < 4.78 is 4.91. The van der Waals surface area contributed by atoms with Gasteiger partial charge in [0, 0.05) is 31.1 Å². The van der Waals surface area contributed by atoms with Crippen LogP contribution < -0.4 is 15.4 Å². The quantitative estimate of drug-likeness (QED) is 0.785. The molecule has 1 heterocycles. The summed E-state index contributed by atoms with van der Waals surface area (Å²) in [6.07, 6.45) is 1.69. The summed E-state index contributed by atoms with van der Waals surface area (Å²) in [6, 6.07) is 2.90. The number of aromatic nitrogens is 1. The SMILES string of the molecule is COc1ccc(CNC(=O)NC(=O)CCCl)cn1. The molecular weight excluding hydrogens is 258 g/mol. The van der Waals surface area contributed by atoms with Gasteiger partial charge in [-0.3, -0.25) is 10.1 Å². The molecule has 6 nitrogen and oxygen atoms in total. The molecule has 2 N–H and O–H groups in total. The maximum Gasteiger partial charge on any atom is 0.321 e. The minimum Gasteiger partial charge on any atom is -0.481 e. The molecule has 1 aromatic rings. The largest absolute Gasteiger partial charge is 0.481 e. The fourth-order valence-electron chi connectivity index (χ4n) is 1.14. The van der Waals surface area contributed by atoms with Gasteiger partial charge in [-0.05, 0) is 5.56 Å². The number of hydrogen-bond donors (Lipinski definition) is 2. The molecule has 0 aliphatic carbocycles. The Morgan fingerprint density at radius 2 is 2.22 bits per heavy atom. The summed E-state index contributed by atoms with van der Waals surface area (Å²) in [5.74, 6) is 0.275. The maximum absolute atomic E-state index is 11.3. The van der Waals surface area contributed by atoms with Crippen LogP contribution in [0, 0.1) is 0 Å². The lowest BCUT2D eigenvalue weighted by Crippen LogP contribution is -2.39. The minimum atomic E-state index is -0.555. The minimum absolute atomic E-state index is 0.110. The zero-order valence-corrected chi connectivity index (χ0v) is 10.7. The number of carbonyl (C=O) groups excluding carboxylic acids is 2. The van der Waals surface area contributed by atoms with Crippen molar-refractivity contribution in [3.05, 3.63) is 23.9 Å². The van der Waals surface area contributed by atoms with Gasteiger partial charge in [-0.2, -0.15) is 0 Å². The predicted molar refractivity (Wildman–Crippen MR) is 66.5 cm³/mol. The van der Waals surface area contributed by atoms with Crippen LogP contribution in [0.4, 0.5) is 4.79 Å². The van der Waals surface area contributed by atoms with Crippen molar-refractivity contribution in [2.24, 2.45) is 0 Å². The van der Waals surface area contributed by atoms with E-state index in [0.29, 0.717) is 5.88 Å². The highest BCUT2D eigenvalue weighted by molar-refractivity contribution is 6.19. The van der Waals surface area contributed by atoms with Crippen LogP contribution in [0.15, 0.2) is 18.3 Å². The number of nitrogens with one attached hydrogen (secondary N) is 2. The third kappa shape index (κ3) is 5.01. The molecule has 7 heteroatoms. The molecular formula is C11H14ClN3O3. The number of imide groups is 1. The van der Waals surface area contributed by atoms with Gasteiger partial charge in [-0.25, -0.2) is 9.78 Å². The van der Waals surface area contributed by atoms with Gasteiger partial charge < -0.3 is 10.1 Å². The number of alkyl halides is 1. The van der Waals surface area contributed by atoms with E-state index in [-0.39, 0.29) is 18.8 Å². The third-order valence-corrected chi connectivity index (χ3v) is 2.22. The number of nitrogens with zero attached hydrogens (tertiary/aromatic N) is 1. The van der Waals surface area contributed by atoms with Crippen molar-refractivity contribution in [3.8, 4) is 5.88 Å². The number of hydrogen-bond acceptors (Lipinski definition) is 4. The molecule has 18 heavy (non-hydrogen) atoms. The highest BCUT2D eigenvalue weighted by atomic mass is 35.5. The van der Waals surface area contributed by atoms with Crippen LogP contribution in [0.25, 0.3) is 0 Å². The molecule has 0 saturated carbocycles. The van der Waals surface area contributed by atoms with Crippen molar-refractivity contribution in [1.82, 2.24) is 15.6 Å². The monoisotopic (exact) mass is 271 g/mol.